The minimum Gasteiger partial charge on any atom is -0.469 e. The Kier molecular flexibility index (Phi) is 31.7. The lowest BCUT2D eigenvalue weighted by Crippen LogP contribution is -2.68. The summed E-state index contributed by atoms with van der Waals surface area (Å²) in [5, 5.41) is 112. The van der Waals surface area contributed by atoms with Crippen molar-refractivity contribution in [3.05, 3.63) is 0 Å². The fraction of sp³-hybridized carbons (Fsp3) is 0.966. The molecule has 26 atom stereocenters. The van der Waals surface area contributed by atoms with Crippen molar-refractivity contribution in [2.24, 2.45) is 0 Å². The fourth-order valence-corrected chi connectivity index (χ4v) is 11.5. The molecule has 5 rings (SSSR count). The zero-order chi connectivity index (χ0) is 60.9. The van der Waals surface area contributed by atoms with Crippen LogP contribution < -0.4 is 0 Å². The van der Waals surface area contributed by atoms with Crippen LogP contribution in [0.1, 0.15) is 196 Å². The van der Waals surface area contributed by atoms with Crippen molar-refractivity contribution in [1.29, 1.82) is 0 Å². The van der Waals surface area contributed by atoms with Gasteiger partial charge in [-0.25, -0.2) is 0 Å². The lowest BCUT2D eigenvalue weighted by atomic mass is 9.95. The van der Waals surface area contributed by atoms with Crippen LogP contribution in [0.4, 0.5) is 0 Å². The summed E-state index contributed by atoms with van der Waals surface area (Å²) in [6.07, 6.45) is -18.1. The molecule has 0 amide bonds. The minimum absolute atomic E-state index is 0.0661. The third-order valence-electron chi connectivity index (χ3n) is 16.9. The van der Waals surface area contributed by atoms with Crippen molar-refractivity contribution in [2.75, 3.05) is 7.11 Å². The summed E-state index contributed by atoms with van der Waals surface area (Å²) in [6.45, 7) is 11.8. The molecular weight excluding hydrogens is 1090 g/mol. The molecule has 486 valence electrons. The van der Waals surface area contributed by atoms with Gasteiger partial charge >= 0.3 is 11.9 Å². The summed E-state index contributed by atoms with van der Waals surface area (Å²) in [6, 6.07) is 0. The van der Waals surface area contributed by atoms with E-state index in [2.05, 4.69) is 13.8 Å². The molecule has 5 aliphatic rings. The zero-order valence-electron chi connectivity index (χ0n) is 50.5. The van der Waals surface area contributed by atoms with Gasteiger partial charge in [0.1, 0.15) is 85.5 Å². The van der Waals surface area contributed by atoms with Crippen LogP contribution >= 0.6 is 0 Å². The first-order chi connectivity index (χ1) is 39.6. The van der Waals surface area contributed by atoms with Crippen LogP contribution in [0.5, 0.6) is 0 Å². The Bertz CT molecular complexity index is 1810. The Balaban J connectivity index is 1.32. The van der Waals surface area contributed by atoms with E-state index in [-0.39, 0.29) is 18.5 Å². The van der Waals surface area contributed by atoms with E-state index >= 15 is 0 Å². The largest absolute Gasteiger partial charge is 0.469 e. The van der Waals surface area contributed by atoms with E-state index in [1.165, 1.54) is 47.6 Å². The van der Waals surface area contributed by atoms with Gasteiger partial charge in [-0.15, -0.1) is 0 Å². The fourth-order valence-electron chi connectivity index (χ4n) is 11.5. The van der Waals surface area contributed by atoms with E-state index in [4.69, 9.17) is 56.8 Å². The molecule has 5 heterocycles. The standard InChI is InChI=1S/C59H106O24/c1-9-11-13-14-15-16-19-23-27-31-39(61)79-54-53(83-56-47(69)44(66)41(63)33(4)74-56)51(81-55-46(68)43(65)40(62)32(3)73-55)36(7)77-59(54)80-50-35(6)76-57(48(70)45(50)67)82-52-42(64)34(5)75-58(49(52)71)78-37(28-24-12-10-2)29-25-21-18-17-20-22-26-30-38(60)72-8/h32-37,40-59,62-71H,9-31H2,1-8H3/t32-,33-,34+,35-,36-,37-,40-,41-,42-,43+,44+,45-,46+,47+,48+,49+,50-,51-,52-,53+,54+,55-,56-,57-,58+,59-/m0/s1. The van der Waals surface area contributed by atoms with Gasteiger partial charge in [0, 0.05) is 12.8 Å². The summed E-state index contributed by atoms with van der Waals surface area (Å²) in [5.41, 5.74) is 0. The average Bonchev–Trinajstić information content (AvgIpc) is 3.24. The molecule has 24 heteroatoms. The molecular formula is C59H106O24. The number of carbonyl (C=O) groups excluding carboxylic acids is 2. The van der Waals surface area contributed by atoms with E-state index < -0.39 is 159 Å². The first-order valence-electron chi connectivity index (χ1n) is 31.2. The number of methoxy groups -OCH3 is 1. The van der Waals surface area contributed by atoms with Crippen molar-refractivity contribution >= 4 is 11.9 Å². The summed E-state index contributed by atoms with van der Waals surface area (Å²) < 4.78 is 73.0. The Morgan fingerprint density at radius 3 is 1.25 bits per heavy atom. The van der Waals surface area contributed by atoms with Gasteiger partial charge in [0.2, 0.25) is 0 Å². The number of rotatable bonds is 35. The van der Waals surface area contributed by atoms with Gasteiger partial charge in [-0.05, 0) is 60.3 Å². The molecule has 5 fully saturated rings. The molecule has 5 saturated heterocycles. The van der Waals surface area contributed by atoms with Crippen LogP contribution in [-0.2, 0) is 66.4 Å². The van der Waals surface area contributed by atoms with Crippen molar-refractivity contribution < 1.29 is 117 Å². The van der Waals surface area contributed by atoms with Crippen LogP contribution in [0.15, 0.2) is 0 Å². The van der Waals surface area contributed by atoms with Gasteiger partial charge in [-0.3, -0.25) is 9.59 Å². The lowest BCUT2D eigenvalue weighted by Gasteiger charge is -2.51. The van der Waals surface area contributed by atoms with Crippen LogP contribution in [0, 0.1) is 0 Å². The molecule has 0 aliphatic carbocycles. The molecule has 0 bridgehead atoms. The van der Waals surface area contributed by atoms with Gasteiger partial charge in [0.15, 0.2) is 37.6 Å². The van der Waals surface area contributed by atoms with E-state index in [0.29, 0.717) is 25.7 Å². The Morgan fingerprint density at radius 1 is 0.349 bits per heavy atom. The quantitative estimate of drug-likeness (QED) is 0.0321. The van der Waals surface area contributed by atoms with Crippen LogP contribution in [0.3, 0.4) is 0 Å². The minimum atomic E-state index is -1.89. The number of carbonyl (C=O) groups is 2. The second-order valence-electron chi connectivity index (χ2n) is 23.7. The highest BCUT2D eigenvalue weighted by Crippen LogP contribution is 2.38. The number of esters is 2. The van der Waals surface area contributed by atoms with E-state index in [9.17, 15) is 60.7 Å². The van der Waals surface area contributed by atoms with Crippen molar-refractivity contribution in [1.82, 2.24) is 0 Å². The molecule has 83 heavy (non-hydrogen) atoms. The van der Waals surface area contributed by atoms with E-state index in [1.54, 1.807) is 6.92 Å². The van der Waals surface area contributed by atoms with Crippen LogP contribution in [0.2, 0.25) is 0 Å². The van der Waals surface area contributed by atoms with Gasteiger partial charge in [0.05, 0.1) is 43.7 Å². The average molecular weight is 1200 g/mol. The first-order valence-corrected chi connectivity index (χ1v) is 31.2. The monoisotopic (exact) mass is 1200 g/mol. The number of hydrogen-bond acceptors (Lipinski definition) is 24. The van der Waals surface area contributed by atoms with Gasteiger partial charge < -0.3 is 108 Å². The molecule has 0 aromatic heterocycles. The zero-order valence-corrected chi connectivity index (χ0v) is 50.5. The van der Waals surface area contributed by atoms with Crippen LogP contribution in [-0.4, -0.2) is 230 Å². The molecule has 0 aromatic carbocycles. The van der Waals surface area contributed by atoms with E-state index in [1.807, 2.05) is 0 Å². The molecule has 0 saturated carbocycles. The molecule has 0 unspecified atom stereocenters. The predicted octanol–water partition coefficient (Wildman–Crippen LogP) is 3.34. The highest BCUT2D eigenvalue weighted by Gasteiger charge is 2.57. The first kappa shape index (κ1) is 71.9. The predicted molar refractivity (Wildman–Crippen MR) is 296 cm³/mol. The molecule has 10 N–H and O–H groups in total. The Labute approximate surface area is 491 Å². The summed E-state index contributed by atoms with van der Waals surface area (Å²) >= 11 is 0. The highest BCUT2D eigenvalue weighted by atomic mass is 16.8. The number of hydrogen-bond donors (Lipinski definition) is 10. The molecule has 0 radical (unpaired) electrons. The summed E-state index contributed by atoms with van der Waals surface area (Å²) in [4.78, 5) is 25.4. The number of aliphatic hydroxyl groups is 10. The van der Waals surface area contributed by atoms with Crippen LogP contribution in [0.25, 0.3) is 0 Å². The highest BCUT2D eigenvalue weighted by molar-refractivity contribution is 5.69. The third-order valence-corrected chi connectivity index (χ3v) is 16.9. The Hall–Kier alpha value is -1.86. The van der Waals surface area contributed by atoms with Crippen molar-refractivity contribution in [2.45, 2.75) is 356 Å². The molecule has 24 nitrogen and oxygen atoms in total. The van der Waals surface area contributed by atoms with Gasteiger partial charge in [-0.2, -0.15) is 0 Å². The molecule has 5 aliphatic heterocycles. The topological polar surface area (TPSA) is 347 Å². The van der Waals surface area contributed by atoms with Gasteiger partial charge in [0.25, 0.3) is 0 Å². The SMILES string of the molecule is CCCCCCCCCCCC(=O)O[C@H]1[C@H](O[C@@H]2[C@@H](O)[C@@H](O)[C@H](O[C@H]3[C@@H](O)[C@@H](C)O[C@H](O[C@@H](CCCCC)CCCCCCCCCC(=O)OC)[C@@H]3O)O[C@H]2C)O[C@@H](C)[C@H](O[C@@H]2O[C@@H](C)[C@H](O)[C@@H](O)[C@H]2O)[C@H]1O[C@@H]1O[C@@H](C)[C@H](O)[C@@H](O)[C@H]1O. The maximum absolute atomic E-state index is 14.0. The third kappa shape index (κ3) is 21.1. The normalized spacial score (nSPS) is 40.0. The van der Waals surface area contributed by atoms with Gasteiger partial charge in [-0.1, -0.05) is 123 Å². The maximum Gasteiger partial charge on any atom is 0.306 e. The maximum atomic E-state index is 14.0. The Morgan fingerprint density at radius 2 is 0.723 bits per heavy atom. The second kappa shape index (κ2) is 36.6. The van der Waals surface area contributed by atoms with Crippen molar-refractivity contribution in [3.8, 4) is 0 Å². The number of aliphatic hydroxyl groups excluding tert-OH is 10. The lowest BCUT2D eigenvalue weighted by molar-refractivity contribution is -0.397. The molecule has 0 spiro atoms. The molecule has 0 aromatic rings. The second-order valence-corrected chi connectivity index (χ2v) is 23.7. The summed E-state index contributed by atoms with van der Waals surface area (Å²) in [5.74, 6) is -0.931. The van der Waals surface area contributed by atoms with E-state index in [0.717, 1.165) is 103 Å². The number of unbranched alkanes of at least 4 members (excludes halogenated alkanes) is 16. The number of ether oxygens (including phenoxy) is 12. The summed E-state index contributed by atoms with van der Waals surface area (Å²) in [7, 11) is 1.39. The smallest absolute Gasteiger partial charge is 0.306 e. The van der Waals surface area contributed by atoms with Crippen molar-refractivity contribution in [3.63, 3.8) is 0 Å².